The zero-order valence-electron chi connectivity index (χ0n) is 15.1. The van der Waals surface area contributed by atoms with E-state index in [0.29, 0.717) is 36.1 Å². The summed E-state index contributed by atoms with van der Waals surface area (Å²) in [6.07, 6.45) is -2.08. The van der Waals surface area contributed by atoms with Crippen molar-refractivity contribution in [2.24, 2.45) is 0 Å². The van der Waals surface area contributed by atoms with E-state index in [1.165, 1.54) is 4.68 Å². The third kappa shape index (κ3) is 5.16. The Hall–Kier alpha value is -1.81. The number of halogens is 4. The van der Waals surface area contributed by atoms with Crippen LogP contribution in [0.3, 0.4) is 0 Å². The fraction of sp³-hybridized carbons (Fsp3) is 0.444. The van der Waals surface area contributed by atoms with E-state index < -0.39 is 11.9 Å². The van der Waals surface area contributed by atoms with Crippen LogP contribution in [0.25, 0.3) is 0 Å². The van der Waals surface area contributed by atoms with Crippen molar-refractivity contribution in [3.63, 3.8) is 0 Å². The van der Waals surface area contributed by atoms with Gasteiger partial charge in [0, 0.05) is 30.8 Å². The maximum Gasteiger partial charge on any atom is 0.436 e. The van der Waals surface area contributed by atoms with Crippen LogP contribution in [0.1, 0.15) is 36.6 Å². The minimum atomic E-state index is -4.46. The Kier molecular flexibility index (Phi) is 6.49. The molecule has 1 aliphatic rings. The summed E-state index contributed by atoms with van der Waals surface area (Å²) in [5, 5.41) is 10.3. The van der Waals surface area contributed by atoms with Crippen molar-refractivity contribution < 1.29 is 17.9 Å². The molecule has 0 amide bonds. The smallest absolute Gasteiger partial charge is 0.436 e. The highest BCUT2D eigenvalue weighted by molar-refractivity contribution is 9.10. The van der Waals surface area contributed by atoms with Crippen molar-refractivity contribution in [3.8, 4) is 5.75 Å². The Balaban J connectivity index is 1.53. The van der Waals surface area contributed by atoms with Crippen LogP contribution in [0, 0.1) is 0 Å². The van der Waals surface area contributed by atoms with E-state index in [1.807, 2.05) is 24.3 Å². The number of nitrogens with zero attached hydrogens (tertiary/aromatic N) is 2. The van der Waals surface area contributed by atoms with E-state index in [-0.39, 0.29) is 10.4 Å². The molecule has 0 radical (unpaired) electrons. The second-order valence-electron chi connectivity index (χ2n) is 6.51. The number of nitrogens with one attached hydrogen (secondary N) is 2. The van der Waals surface area contributed by atoms with Gasteiger partial charge in [-0.05, 0) is 59.5 Å². The number of anilines is 1. The summed E-state index contributed by atoms with van der Waals surface area (Å²) in [4.78, 5) is 0. The number of hydrogen-bond acceptors (Lipinski definition) is 3. The predicted molar refractivity (Wildman–Crippen MR) is 109 cm³/mol. The molecule has 1 saturated carbocycles. The van der Waals surface area contributed by atoms with E-state index in [0.717, 1.165) is 18.5 Å². The van der Waals surface area contributed by atoms with Crippen LogP contribution >= 0.6 is 28.1 Å². The predicted octanol–water partition coefficient (Wildman–Crippen LogP) is 4.93. The second kappa shape index (κ2) is 8.69. The first-order valence-electron chi connectivity index (χ1n) is 8.82. The standard InChI is InChI=1S/C18H20BrF3N4OS/c1-27-13-5-2-4-12(10-13)24-17(28)23-8-3-9-26-15(11-6-7-11)14(19)16(25-26)18(20,21)22/h2,4-5,10-11H,3,6-9H2,1H3,(H2,23,24,28). The molecular weight excluding hydrogens is 457 g/mol. The Morgan fingerprint density at radius 1 is 1.39 bits per heavy atom. The molecule has 1 heterocycles. The molecular formula is C18H20BrF3N4OS. The van der Waals surface area contributed by atoms with Gasteiger partial charge in [0.1, 0.15) is 5.75 Å². The van der Waals surface area contributed by atoms with E-state index >= 15 is 0 Å². The number of rotatable bonds is 7. The van der Waals surface area contributed by atoms with Gasteiger partial charge >= 0.3 is 6.18 Å². The molecule has 0 atom stereocenters. The Bertz CT molecular complexity index is 852. The Morgan fingerprint density at radius 2 is 2.14 bits per heavy atom. The van der Waals surface area contributed by atoms with Crippen molar-refractivity contribution in [1.29, 1.82) is 0 Å². The lowest BCUT2D eigenvalue weighted by atomic mass is 10.2. The van der Waals surface area contributed by atoms with Crippen LogP contribution in [0.4, 0.5) is 18.9 Å². The van der Waals surface area contributed by atoms with Gasteiger partial charge in [0.05, 0.1) is 17.3 Å². The lowest BCUT2D eigenvalue weighted by molar-refractivity contribution is -0.142. The molecule has 1 aliphatic carbocycles. The van der Waals surface area contributed by atoms with Gasteiger partial charge in [-0.2, -0.15) is 18.3 Å². The van der Waals surface area contributed by atoms with E-state index in [2.05, 4.69) is 31.7 Å². The molecule has 10 heteroatoms. The quantitative estimate of drug-likeness (QED) is 0.438. The SMILES string of the molecule is COc1cccc(NC(=S)NCCCn2nc(C(F)(F)F)c(Br)c2C2CC2)c1. The number of methoxy groups -OCH3 is 1. The lowest BCUT2D eigenvalue weighted by Crippen LogP contribution is -2.30. The molecule has 28 heavy (non-hydrogen) atoms. The Labute approximate surface area is 174 Å². The molecule has 0 spiro atoms. The summed E-state index contributed by atoms with van der Waals surface area (Å²) in [5.74, 6) is 0.867. The topological polar surface area (TPSA) is 51.1 Å². The van der Waals surface area contributed by atoms with E-state index in [9.17, 15) is 13.2 Å². The van der Waals surface area contributed by atoms with Crippen LogP contribution in [0.15, 0.2) is 28.7 Å². The van der Waals surface area contributed by atoms with Crippen LogP contribution in [0.2, 0.25) is 0 Å². The van der Waals surface area contributed by atoms with E-state index in [1.54, 1.807) is 7.11 Å². The first-order chi connectivity index (χ1) is 13.3. The second-order valence-corrected chi connectivity index (χ2v) is 7.71. The normalized spacial score (nSPS) is 14.0. The Morgan fingerprint density at radius 3 is 2.79 bits per heavy atom. The molecule has 2 aromatic rings. The number of thiocarbonyl (C=S) groups is 1. The largest absolute Gasteiger partial charge is 0.497 e. The summed E-state index contributed by atoms with van der Waals surface area (Å²) in [7, 11) is 1.59. The fourth-order valence-corrected chi connectivity index (χ4v) is 3.91. The zero-order chi connectivity index (χ0) is 20.3. The van der Waals surface area contributed by atoms with Gasteiger partial charge in [-0.25, -0.2) is 0 Å². The molecule has 1 aromatic heterocycles. The van der Waals surface area contributed by atoms with Gasteiger partial charge in [0.15, 0.2) is 10.8 Å². The minimum Gasteiger partial charge on any atom is -0.497 e. The average molecular weight is 477 g/mol. The highest BCUT2D eigenvalue weighted by Crippen LogP contribution is 2.46. The first kappa shape index (κ1) is 20.9. The number of aromatic nitrogens is 2. The summed E-state index contributed by atoms with van der Waals surface area (Å²) in [6, 6.07) is 7.35. The molecule has 1 aromatic carbocycles. The lowest BCUT2D eigenvalue weighted by Gasteiger charge is -2.12. The van der Waals surface area contributed by atoms with Crippen molar-refractivity contribution in [2.45, 2.75) is 37.9 Å². The van der Waals surface area contributed by atoms with Gasteiger partial charge in [0.25, 0.3) is 0 Å². The third-order valence-corrected chi connectivity index (χ3v) is 5.35. The molecule has 1 fully saturated rings. The molecule has 152 valence electrons. The van der Waals surface area contributed by atoms with Crippen LogP contribution < -0.4 is 15.4 Å². The molecule has 0 unspecified atom stereocenters. The van der Waals surface area contributed by atoms with Gasteiger partial charge in [-0.15, -0.1) is 0 Å². The van der Waals surface area contributed by atoms with Crippen LogP contribution in [0.5, 0.6) is 5.75 Å². The number of alkyl halides is 3. The van der Waals surface area contributed by atoms with Gasteiger partial charge in [0.2, 0.25) is 0 Å². The molecule has 2 N–H and O–H groups in total. The number of ether oxygens (including phenoxy) is 1. The van der Waals surface area contributed by atoms with Crippen molar-refractivity contribution in [2.75, 3.05) is 19.0 Å². The minimum absolute atomic E-state index is 0.0747. The van der Waals surface area contributed by atoms with Gasteiger partial charge in [-0.1, -0.05) is 6.07 Å². The zero-order valence-corrected chi connectivity index (χ0v) is 17.5. The van der Waals surface area contributed by atoms with Crippen molar-refractivity contribution in [1.82, 2.24) is 15.1 Å². The van der Waals surface area contributed by atoms with Crippen LogP contribution in [-0.4, -0.2) is 28.5 Å². The summed E-state index contributed by atoms with van der Waals surface area (Å²) in [6.45, 7) is 0.897. The average Bonchev–Trinajstić information content (AvgIpc) is 3.41. The number of aryl methyl sites for hydroxylation is 1. The van der Waals surface area contributed by atoms with Crippen molar-refractivity contribution in [3.05, 3.63) is 40.1 Å². The van der Waals surface area contributed by atoms with E-state index in [4.69, 9.17) is 17.0 Å². The third-order valence-electron chi connectivity index (χ3n) is 4.32. The highest BCUT2D eigenvalue weighted by atomic mass is 79.9. The maximum atomic E-state index is 13.1. The first-order valence-corrected chi connectivity index (χ1v) is 10.0. The molecule has 5 nitrogen and oxygen atoms in total. The van der Waals surface area contributed by atoms with Crippen LogP contribution in [-0.2, 0) is 12.7 Å². The molecule has 0 bridgehead atoms. The number of benzene rings is 1. The monoisotopic (exact) mass is 476 g/mol. The van der Waals surface area contributed by atoms with Gasteiger partial charge < -0.3 is 15.4 Å². The molecule has 0 saturated heterocycles. The van der Waals surface area contributed by atoms with Gasteiger partial charge in [-0.3, -0.25) is 4.68 Å². The number of hydrogen-bond donors (Lipinski definition) is 2. The summed E-state index contributed by atoms with van der Waals surface area (Å²) >= 11 is 8.35. The molecule has 3 rings (SSSR count). The van der Waals surface area contributed by atoms with Crippen molar-refractivity contribution >= 4 is 38.9 Å². The summed E-state index contributed by atoms with van der Waals surface area (Å²) in [5.41, 5.74) is 0.584. The fourth-order valence-electron chi connectivity index (χ4n) is 2.86. The molecule has 0 aliphatic heterocycles. The summed E-state index contributed by atoms with van der Waals surface area (Å²) < 4.78 is 46.1. The highest BCUT2D eigenvalue weighted by Gasteiger charge is 2.41. The maximum absolute atomic E-state index is 13.1.